The molecule has 1 heteroatoms. The van der Waals surface area contributed by atoms with Crippen LogP contribution in [0.3, 0.4) is 0 Å². The van der Waals surface area contributed by atoms with Gasteiger partial charge in [-0.2, -0.15) is 11.8 Å². The van der Waals surface area contributed by atoms with Crippen LogP contribution in [-0.4, -0.2) is 10.5 Å². The second-order valence-electron chi connectivity index (χ2n) is 2.19. The molecule has 0 aliphatic rings. The van der Waals surface area contributed by atoms with E-state index in [1.165, 1.54) is 0 Å². The number of hydrogen-bond acceptors (Lipinski definition) is 1. The monoisotopic (exact) mass is 117 g/mol. The van der Waals surface area contributed by atoms with Crippen LogP contribution in [0.2, 0.25) is 0 Å². The zero-order valence-corrected chi connectivity index (χ0v) is 6.14. The summed E-state index contributed by atoms with van der Waals surface area (Å²) in [6, 6.07) is 0. The molecule has 0 aromatic carbocycles. The van der Waals surface area contributed by atoms with Crippen LogP contribution in [-0.2, 0) is 0 Å². The third-order valence-electron chi connectivity index (χ3n) is 0.535. The summed E-state index contributed by atoms with van der Waals surface area (Å²) in [4.78, 5) is 0. The summed E-state index contributed by atoms with van der Waals surface area (Å²) in [5.74, 6) is 1.16. The van der Waals surface area contributed by atoms with Gasteiger partial charge in [-0.05, 0) is 12.7 Å². The van der Waals surface area contributed by atoms with E-state index in [0.717, 1.165) is 5.75 Å². The van der Waals surface area contributed by atoms with Gasteiger partial charge < -0.3 is 0 Å². The lowest BCUT2D eigenvalue weighted by molar-refractivity contribution is 0.894. The van der Waals surface area contributed by atoms with E-state index in [2.05, 4.69) is 27.7 Å². The summed E-state index contributed by atoms with van der Waals surface area (Å²) in [6.07, 6.45) is 0. The van der Waals surface area contributed by atoms with E-state index in [-0.39, 0.29) is 4.75 Å². The van der Waals surface area contributed by atoms with Gasteiger partial charge >= 0.3 is 0 Å². The quantitative estimate of drug-likeness (QED) is 0.535. The topological polar surface area (TPSA) is 0 Å². The maximum Gasteiger partial charge on any atom is 0.0104 e. The van der Waals surface area contributed by atoms with Gasteiger partial charge in [-0.3, -0.25) is 0 Å². The molecule has 0 aromatic rings. The number of rotatable bonds is 2. The summed E-state index contributed by atoms with van der Waals surface area (Å²) in [5.41, 5.74) is 0. The summed E-state index contributed by atoms with van der Waals surface area (Å²) in [6.45, 7) is 10.3. The fraction of sp³-hybridized carbons (Fsp3) is 0.833. The van der Waals surface area contributed by atoms with Gasteiger partial charge in [0.25, 0.3) is 0 Å². The molecule has 0 rings (SSSR count). The second-order valence-corrected chi connectivity index (χ2v) is 4.16. The lowest BCUT2D eigenvalue weighted by atomic mass is 10.3. The van der Waals surface area contributed by atoms with Crippen LogP contribution < -0.4 is 0 Å². The third kappa shape index (κ3) is 6.35. The first-order valence-electron chi connectivity index (χ1n) is 2.55. The van der Waals surface area contributed by atoms with Crippen LogP contribution >= 0.6 is 11.8 Å². The highest BCUT2D eigenvalue weighted by molar-refractivity contribution is 8.00. The van der Waals surface area contributed by atoms with Crippen LogP contribution in [0, 0.1) is 6.92 Å². The SMILES string of the molecule is [CH2]C(C)(C)SCC. The Balaban J connectivity index is 3.15. The summed E-state index contributed by atoms with van der Waals surface area (Å²) >= 11 is 1.88. The van der Waals surface area contributed by atoms with Crippen LogP contribution in [0.1, 0.15) is 20.8 Å². The molecule has 0 fully saturated rings. The molecule has 0 unspecified atom stereocenters. The molecular formula is C6H13S. The molecule has 0 aromatic heterocycles. The molecule has 0 amide bonds. The van der Waals surface area contributed by atoms with Crippen molar-refractivity contribution in [1.82, 2.24) is 0 Å². The second kappa shape index (κ2) is 2.61. The molecule has 0 N–H and O–H groups in total. The Morgan fingerprint density at radius 1 is 1.57 bits per heavy atom. The predicted octanol–water partition coefficient (Wildman–Crippen LogP) is 2.35. The van der Waals surface area contributed by atoms with Gasteiger partial charge in [0, 0.05) is 4.75 Å². The molecule has 0 saturated heterocycles. The Morgan fingerprint density at radius 3 is 2.00 bits per heavy atom. The minimum Gasteiger partial charge on any atom is -0.156 e. The van der Waals surface area contributed by atoms with Gasteiger partial charge in [-0.15, -0.1) is 0 Å². The maximum atomic E-state index is 3.92. The first kappa shape index (κ1) is 7.35. The van der Waals surface area contributed by atoms with E-state index in [0.29, 0.717) is 0 Å². The fourth-order valence-electron chi connectivity index (χ4n) is 0.391. The molecule has 0 heterocycles. The zero-order valence-electron chi connectivity index (χ0n) is 5.32. The van der Waals surface area contributed by atoms with E-state index in [4.69, 9.17) is 0 Å². The molecule has 0 aliphatic heterocycles. The Bertz CT molecular complexity index is 42.6. The average molecular weight is 117 g/mol. The standard InChI is InChI=1S/C6H13S/c1-5-7-6(2,3)4/h2,5H2,1,3-4H3. The Hall–Kier alpha value is 0.350. The number of hydrogen-bond donors (Lipinski definition) is 0. The molecule has 0 atom stereocenters. The smallest absolute Gasteiger partial charge is 0.0104 e. The molecule has 0 nitrogen and oxygen atoms in total. The lowest BCUT2D eigenvalue weighted by Crippen LogP contribution is -2.07. The van der Waals surface area contributed by atoms with Gasteiger partial charge in [0.15, 0.2) is 0 Å². The molecule has 1 radical (unpaired) electrons. The van der Waals surface area contributed by atoms with Crippen LogP contribution in [0.4, 0.5) is 0 Å². The van der Waals surface area contributed by atoms with Crippen molar-refractivity contribution >= 4 is 11.8 Å². The zero-order chi connectivity index (χ0) is 5.91. The highest BCUT2D eigenvalue weighted by atomic mass is 32.2. The first-order chi connectivity index (χ1) is 3.06. The Labute approximate surface area is 50.7 Å². The minimum absolute atomic E-state index is 0.217. The molecule has 0 spiro atoms. The highest BCUT2D eigenvalue weighted by Crippen LogP contribution is 2.21. The van der Waals surface area contributed by atoms with Crippen LogP contribution in [0.5, 0.6) is 0 Å². The van der Waals surface area contributed by atoms with Crippen molar-refractivity contribution in [2.24, 2.45) is 0 Å². The number of thioether (sulfide) groups is 1. The van der Waals surface area contributed by atoms with Crippen molar-refractivity contribution in [2.45, 2.75) is 25.5 Å². The summed E-state index contributed by atoms with van der Waals surface area (Å²) in [7, 11) is 0. The van der Waals surface area contributed by atoms with Crippen molar-refractivity contribution < 1.29 is 0 Å². The molecule has 0 aliphatic carbocycles. The molecular weight excluding hydrogens is 104 g/mol. The molecule has 0 saturated carbocycles. The van der Waals surface area contributed by atoms with Gasteiger partial charge in [0.2, 0.25) is 0 Å². The van der Waals surface area contributed by atoms with Gasteiger partial charge in [-0.25, -0.2) is 0 Å². The van der Waals surface area contributed by atoms with Crippen molar-refractivity contribution in [3.63, 3.8) is 0 Å². The van der Waals surface area contributed by atoms with E-state index in [1.54, 1.807) is 0 Å². The van der Waals surface area contributed by atoms with Gasteiger partial charge in [-0.1, -0.05) is 20.8 Å². The van der Waals surface area contributed by atoms with Crippen molar-refractivity contribution in [1.29, 1.82) is 0 Å². The van der Waals surface area contributed by atoms with Gasteiger partial charge in [0.1, 0.15) is 0 Å². The maximum absolute atomic E-state index is 3.92. The van der Waals surface area contributed by atoms with E-state index in [9.17, 15) is 0 Å². The van der Waals surface area contributed by atoms with Crippen molar-refractivity contribution in [3.8, 4) is 0 Å². The molecule has 43 valence electrons. The first-order valence-corrected chi connectivity index (χ1v) is 3.54. The Morgan fingerprint density at radius 2 is 2.00 bits per heavy atom. The molecule has 0 bridgehead atoms. The van der Waals surface area contributed by atoms with Crippen LogP contribution in [0.25, 0.3) is 0 Å². The fourth-order valence-corrected chi connectivity index (χ4v) is 1.17. The largest absolute Gasteiger partial charge is 0.156 e. The lowest BCUT2D eigenvalue weighted by Gasteiger charge is -2.14. The molecule has 7 heavy (non-hydrogen) atoms. The van der Waals surface area contributed by atoms with Gasteiger partial charge in [0.05, 0.1) is 0 Å². The third-order valence-corrected chi connectivity index (χ3v) is 1.61. The van der Waals surface area contributed by atoms with Crippen molar-refractivity contribution in [2.75, 3.05) is 5.75 Å². The normalized spacial score (nSPS) is 12.0. The van der Waals surface area contributed by atoms with Crippen molar-refractivity contribution in [3.05, 3.63) is 6.92 Å². The average Bonchev–Trinajstić information content (AvgIpc) is 1.30. The Kier molecular flexibility index (Phi) is 2.74. The highest BCUT2D eigenvalue weighted by Gasteiger charge is 2.06. The van der Waals surface area contributed by atoms with E-state index >= 15 is 0 Å². The summed E-state index contributed by atoms with van der Waals surface area (Å²) < 4.78 is 0.217. The predicted molar refractivity (Wildman–Crippen MR) is 37.6 cm³/mol. The summed E-state index contributed by atoms with van der Waals surface area (Å²) in [5, 5.41) is 0. The van der Waals surface area contributed by atoms with E-state index in [1.807, 2.05) is 11.8 Å². The van der Waals surface area contributed by atoms with Crippen LogP contribution in [0.15, 0.2) is 0 Å². The minimum atomic E-state index is 0.217. The van der Waals surface area contributed by atoms with E-state index < -0.39 is 0 Å².